The van der Waals surface area contributed by atoms with E-state index >= 15 is 0 Å². The van der Waals surface area contributed by atoms with Crippen molar-refractivity contribution in [3.63, 3.8) is 0 Å². The first-order valence-electron chi connectivity index (χ1n) is 7.20. The first-order valence-corrected chi connectivity index (χ1v) is 7.58. The highest BCUT2D eigenvalue weighted by Gasteiger charge is 2.37. The number of aromatic nitrogens is 2. The molecule has 5 nitrogen and oxygen atoms in total. The van der Waals surface area contributed by atoms with Gasteiger partial charge < -0.3 is 10.3 Å². The normalized spacial score (nSPS) is 17.6. The van der Waals surface area contributed by atoms with Crippen molar-refractivity contribution >= 4 is 17.4 Å². The predicted molar refractivity (Wildman–Crippen MR) is 82.6 cm³/mol. The summed E-state index contributed by atoms with van der Waals surface area (Å²) in [6.45, 7) is 5.71. The molecule has 0 atom stereocenters. The summed E-state index contributed by atoms with van der Waals surface area (Å²) < 4.78 is 0. The second-order valence-electron chi connectivity index (χ2n) is 5.61. The molecule has 1 fully saturated rings. The van der Waals surface area contributed by atoms with E-state index < -0.39 is 0 Å². The lowest BCUT2D eigenvalue weighted by atomic mass is 9.95. The Morgan fingerprint density at radius 3 is 2.70 bits per heavy atom. The monoisotopic (exact) mass is 298 g/mol. The summed E-state index contributed by atoms with van der Waals surface area (Å²) in [7, 11) is 2.16. The molecule has 20 heavy (non-hydrogen) atoms. The number of nitrogens with zero attached hydrogens (tertiary/aromatic N) is 2. The summed E-state index contributed by atoms with van der Waals surface area (Å²) in [5.41, 5.74) is -0.137. The predicted octanol–water partition coefficient (Wildman–Crippen LogP) is 2.41. The summed E-state index contributed by atoms with van der Waals surface area (Å²) >= 11 is 6.03. The summed E-state index contributed by atoms with van der Waals surface area (Å²) in [5.74, 6) is 1.06. The molecule has 1 aliphatic carbocycles. The van der Waals surface area contributed by atoms with Crippen molar-refractivity contribution < 1.29 is 0 Å². The minimum absolute atomic E-state index is 0.142. The molecule has 0 spiro atoms. The standard InChI is InChI=1S/C14H23ClN4O/c1-4-19(3)14(7-5-6-8-14)9-16-12-11(15)13(20)18-10(2)17-12/h4-9H2,1-3H3,(H2,16,17,18,20). The quantitative estimate of drug-likeness (QED) is 0.876. The van der Waals surface area contributed by atoms with E-state index in [-0.39, 0.29) is 16.1 Å². The Morgan fingerprint density at radius 1 is 1.45 bits per heavy atom. The van der Waals surface area contributed by atoms with Crippen LogP contribution in [0, 0.1) is 6.92 Å². The van der Waals surface area contributed by atoms with Crippen LogP contribution in [0.25, 0.3) is 0 Å². The minimum atomic E-state index is -0.286. The third-order valence-electron chi connectivity index (χ3n) is 4.38. The SMILES string of the molecule is CCN(C)C1(CNc2nc(C)[nH]c(=O)c2Cl)CCCC1. The van der Waals surface area contributed by atoms with Crippen LogP contribution in [0.15, 0.2) is 4.79 Å². The smallest absolute Gasteiger partial charge is 0.271 e. The van der Waals surface area contributed by atoms with Crippen LogP contribution in [0.2, 0.25) is 5.02 Å². The zero-order valence-corrected chi connectivity index (χ0v) is 13.2. The number of H-pyrrole nitrogens is 1. The van der Waals surface area contributed by atoms with E-state index in [0.717, 1.165) is 13.1 Å². The number of nitrogens with one attached hydrogen (secondary N) is 2. The van der Waals surface area contributed by atoms with Crippen molar-refractivity contribution in [1.29, 1.82) is 0 Å². The molecule has 2 rings (SSSR count). The fraction of sp³-hybridized carbons (Fsp3) is 0.714. The molecule has 2 N–H and O–H groups in total. The van der Waals surface area contributed by atoms with Gasteiger partial charge in [-0.05, 0) is 33.4 Å². The number of hydrogen-bond donors (Lipinski definition) is 2. The molecule has 1 heterocycles. The van der Waals surface area contributed by atoms with Crippen molar-refractivity contribution in [1.82, 2.24) is 14.9 Å². The van der Waals surface area contributed by atoms with Gasteiger partial charge in [-0.2, -0.15) is 0 Å². The largest absolute Gasteiger partial charge is 0.367 e. The Morgan fingerprint density at radius 2 is 2.10 bits per heavy atom. The summed E-state index contributed by atoms with van der Waals surface area (Å²) in [4.78, 5) is 20.9. The average Bonchev–Trinajstić information content (AvgIpc) is 2.90. The van der Waals surface area contributed by atoms with Gasteiger partial charge >= 0.3 is 0 Å². The van der Waals surface area contributed by atoms with Gasteiger partial charge in [0.2, 0.25) is 0 Å². The van der Waals surface area contributed by atoms with Crippen molar-refractivity contribution in [3.8, 4) is 0 Å². The maximum absolute atomic E-state index is 11.6. The Bertz CT molecular complexity index is 522. The molecule has 0 aromatic carbocycles. The van der Waals surface area contributed by atoms with E-state index in [2.05, 4.69) is 34.2 Å². The van der Waals surface area contributed by atoms with Crippen LogP contribution in [0.4, 0.5) is 5.82 Å². The van der Waals surface area contributed by atoms with Crippen LogP contribution in [-0.4, -0.2) is 40.5 Å². The Hall–Kier alpha value is -1.07. The second-order valence-corrected chi connectivity index (χ2v) is 5.99. The molecule has 1 saturated carbocycles. The summed E-state index contributed by atoms with van der Waals surface area (Å²) in [6, 6.07) is 0. The molecule has 0 unspecified atom stereocenters. The van der Waals surface area contributed by atoms with E-state index in [1.807, 2.05) is 0 Å². The molecular formula is C14H23ClN4O. The van der Waals surface area contributed by atoms with Gasteiger partial charge in [-0.3, -0.25) is 9.69 Å². The molecule has 0 radical (unpaired) electrons. The van der Waals surface area contributed by atoms with E-state index in [4.69, 9.17) is 11.6 Å². The number of hydrogen-bond acceptors (Lipinski definition) is 4. The van der Waals surface area contributed by atoms with Gasteiger partial charge in [0.05, 0.1) is 0 Å². The number of halogens is 1. The van der Waals surface area contributed by atoms with Crippen molar-refractivity contribution in [2.24, 2.45) is 0 Å². The molecule has 0 saturated heterocycles. The van der Waals surface area contributed by atoms with Gasteiger partial charge in [0, 0.05) is 12.1 Å². The van der Waals surface area contributed by atoms with Crippen molar-refractivity contribution in [2.45, 2.75) is 45.1 Å². The average molecular weight is 299 g/mol. The van der Waals surface area contributed by atoms with Gasteiger partial charge in [-0.15, -0.1) is 0 Å². The first-order chi connectivity index (χ1) is 9.48. The third-order valence-corrected chi connectivity index (χ3v) is 4.74. The van der Waals surface area contributed by atoms with Crippen LogP contribution in [0.3, 0.4) is 0 Å². The second kappa shape index (κ2) is 6.14. The van der Waals surface area contributed by atoms with E-state index in [0.29, 0.717) is 11.6 Å². The number of aryl methyl sites for hydroxylation is 1. The molecule has 112 valence electrons. The Labute approximate surface area is 124 Å². The molecule has 0 amide bonds. The van der Waals surface area contributed by atoms with Gasteiger partial charge in [0.25, 0.3) is 5.56 Å². The minimum Gasteiger partial charge on any atom is -0.367 e. The molecule has 0 aliphatic heterocycles. The van der Waals surface area contributed by atoms with Crippen LogP contribution in [0.1, 0.15) is 38.4 Å². The van der Waals surface area contributed by atoms with Gasteiger partial charge in [-0.25, -0.2) is 4.98 Å². The molecule has 1 aliphatic rings. The van der Waals surface area contributed by atoms with Crippen LogP contribution >= 0.6 is 11.6 Å². The molecule has 1 aromatic rings. The highest BCUT2D eigenvalue weighted by Crippen LogP contribution is 2.34. The Balaban J connectivity index is 2.16. The van der Waals surface area contributed by atoms with Crippen LogP contribution in [-0.2, 0) is 0 Å². The van der Waals surface area contributed by atoms with Gasteiger partial charge in [0.1, 0.15) is 10.8 Å². The third kappa shape index (κ3) is 2.99. The lowest BCUT2D eigenvalue weighted by Gasteiger charge is -2.38. The summed E-state index contributed by atoms with van der Waals surface area (Å²) in [6.07, 6.45) is 4.84. The number of likely N-dealkylation sites (N-methyl/N-ethyl adjacent to an activating group) is 1. The zero-order valence-electron chi connectivity index (χ0n) is 12.4. The topological polar surface area (TPSA) is 61.0 Å². The lowest BCUT2D eigenvalue weighted by molar-refractivity contribution is 0.144. The highest BCUT2D eigenvalue weighted by molar-refractivity contribution is 6.32. The number of anilines is 1. The maximum Gasteiger partial charge on any atom is 0.271 e. The van der Waals surface area contributed by atoms with Crippen molar-refractivity contribution in [3.05, 3.63) is 21.2 Å². The van der Waals surface area contributed by atoms with Gasteiger partial charge in [-0.1, -0.05) is 31.4 Å². The Kier molecular flexibility index (Phi) is 4.70. The lowest BCUT2D eigenvalue weighted by Crippen LogP contribution is -2.49. The van der Waals surface area contributed by atoms with E-state index in [1.165, 1.54) is 25.7 Å². The fourth-order valence-electron chi connectivity index (χ4n) is 3.00. The molecule has 0 bridgehead atoms. The number of rotatable bonds is 5. The highest BCUT2D eigenvalue weighted by atomic mass is 35.5. The van der Waals surface area contributed by atoms with Gasteiger partial charge in [0.15, 0.2) is 5.82 Å². The van der Waals surface area contributed by atoms with Crippen molar-refractivity contribution in [2.75, 3.05) is 25.5 Å². The van der Waals surface area contributed by atoms with E-state index in [9.17, 15) is 4.79 Å². The first kappa shape index (κ1) is 15.3. The molecular weight excluding hydrogens is 276 g/mol. The molecule has 1 aromatic heterocycles. The maximum atomic E-state index is 11.6. The fourth-order valence-corrected chi connectivity index (χ4v) is 3.16. The number of aromatic amines is 1. The summed E-state index contributed by atoms with van der Waals surface area (Å²) in [5, 5.41) is 3.43. The van der Waals surface area contributed by atoms with Crippen LogP contribution < -0.4 is 10.9 Å². The van der Waals surface area contributed by atoms with E-state index in [1.54, 1.807) is 6.92 Å². The van der Waals surface area contributed by atoms with Crippen LogP contribution in [0.5, 0.6) is 0 Å². The zero-order chi connectivity index (χ0) is 14.8. The molecule has 6 heteroatoms.